The van der Waals surface area contributed by atoms with Crippen LogP contribution in [0.2, 0.25) is 0 Å². The van der Waals surface area contributed by atoms with Crippen molar-refractivity contribution in [1.29, 1.82) is 0 Å². The molecule has 0 spiro atoms. The molecule has 0 saturated heterocycles. The summed E-state index contributed by atoms with van der Waals surface area (Å²) < 4.78 is 55.1. The second kappa shape index (κ2) is 10.4. The summed E-state index contributed by atoms with van der Waals surface area (Å²) in [6, 6.07) is 4.62. The summed E-state index contributed by atoms with van der Waals surface area (Å²) in [5.74, 6) is -3.18. The van der Waals surface area contributed by atoms with Gasteiger partial charge in [-0.3, -0.25) is 13.7 Å². The van der Waals surface area contributed by atoms with Gasteiger partial charge in [-0.1, -0.05) is 6.07 Å². The fraction of sp³-hybridized carbons (Fsp3) is 0.364. The molecule has 0 bridgehead atoms. The summed E-state index contributed by atoms with van der Waals surface area (Å²) in [5, 5.41) is 29.8. The minimum Gasteiger partial charge on any atom is -0.390 e. The van der Waals surface area contributed by atoms with Crippen LogP contribution in [0.25, 0.3) is 0 Å². The van der Waals surface area contributed by atoms with Crippen LogP contribution in [0.1, 0.15) is 33.7 Å². The number of hydrogen-bond donors (Lipinski definition) is 3. The number of aliphatic hydroxyl groups excluding tert-OH is 2. The summed E-state index contributed by atoms with van der Waals surface area (Å²) in [4.78, 5) is 21.2. The first-order valence-corrected chi connectivity index (χ1v) is 12.3. The Balaban J connectivity index is 1.48. The van der Waals surface area contributed by atoms with Crippen molar-refractivity contribution in [2.45, 2.75) is 31.6 Å². The number of aliphatic hydroxyl groups is 2. The Kier molecular flexibility index (Phi) is 7.51. The van der Waals surface area contributed by atoms with Crippen LogP contribution in [0.15, 0.2) is 43.0 Å². The van der Waals surface area contributed by atoms with E-state index in [-0.39, 0.29) is 36.2 Å². The van der Waals surface area contributed by atoms with Crippen molar-refractivity contribution in [3.8, 4) is 0 Å². The molecule has 0 unspecified atom stereocenters. The molecule has 192 valence electrons. The number of hydrogen-bond acceptors (Lipinski definition) is 9. The first-order chi connectivity index (χ1) is 17.0. The lowest BCUT2D eigenvalue weighted by Crippen LogP contribution is -2.31. The highest BCUT2D eigenvalue weighted by atomic mass is 32.2. The van der Waals surface area contributed by atoms with Crippen LogP contribution in [0.4, 0.5) is 8.78 Å². The molecule has 11 nitrogen and oxygen atoms in total. The summed E-state index contributed by atoms with van der Waals surface area (Å²) in [7, 11) is -4.20. The molecule has 0 aliphatic heterocycles. The number of nitrogens with zero attached hydrogens (tertiary/aromatic N) is 4. The third-order valence-electron chi connectivity index (χ3n) is 6.08. The van der Waals surface area contributed by atoms with Crippen LogP contribution in [0.5, 0.6) is 0 Å². The van der Waals surface area contributed by atoms with Crippen molar-refractivity contribution in [3.63, 3.8) is 0 Å². The molecule has 4 atom stereocenters. The van der Waals surface area contributed by atoms with Crippen LogP contribution in [0, 0.1) is 23.5 Å². The maximum atomic E-state index is 14.0. The molecule has 1 aromatic carbocycles. The fourth-order valence-electron chi connectivity index (χ4n) is 4.27. The molecule has 14 heteroatoms. The van der Waals surface area contributed by atoms with E-state index in [1.807, 2.05) is 0 Å². The third kappa shape index (κ3) is 5.96. The van der Waals surface area contributed by atoms with Gasteiger partial charge in [-0.2, -0.15) is 13.5 Å². The molecule has 1 aliphatic carbocycles. The summed E-state index contributed by atoms with van der Waals surface area (Å²) in [6.45, 7) is -0.416. The van der Waals surface area contributed by atoms with E-state index in [0.717, 1.165) is 12.1 Å². The van der Waals surface area contributed by atoms with Gasteiger partial charge in [0.05, 0.1) is 36.6 Å². The van der Waals surface area contributed by atoms with E-state index >= 15 is 0 Å². The molecule has 0 amide bonds. The predicted octanol–water partition coefficient (Wildman–Crippen LogP) is 0.351. The van der Waals surface area contributed by atoms with Gasteiger partial charge in [0, 0.05) is 29.9 Å². The van der Waals surface area contributed by atoms with Crippen molar-refractivity contribution in [3.05, 3.63) is 77.1 Å². The number of ketones is 1. The Morgan fingerprint density at radius 3 is 2.67 bits per heavy atom. The highest BCUT2D eigenvalue weighted by Gasteiger charge is 2.42. The number of aromatic nitrogens is 4. The van der Waals surface area contributed by atoms with Gasteiger partial charge in [0.25, 0.3) is 0 Å². The van der Waals surface area contributed by atoms with Crippen molar-refractivity contribution in [2.24, 2.45) is 17.0 Å². The molecule has 2 aromatic heterocycles. The fourth-order valence-corrected chi connectivity index (χ4v) is 4.63. The Hall–Kier alpha value is -3.17. The summed E-state index contributed by atoms with van der Waals surface area (Å²) >= 11 is 0. The minimum atomic E-state index is -4.20. The van der Waals surface area contributed by atoms with Gasteiger partial charge < -0.3 is 10.2 Å². The van der Waals surface area contributed by atoms with E-state index in [1.165, 1.54) is 35.5 Å². The Bertz CT molecular complexity index is 1370. The number of halogens is 2. The van der Waals surface area contributed by atoms with Crippen LogP contribution in [-0.4, -0.2) is 63.0 Å². The van der Waals surface area contributed by atoms with Crippen molar-refractivity contribution < 1.29 is 36.4 Å². The van der Waals surface area contributed by atoms with Gasteiger partial charge >= 0.3 is 10.3 Å². The second-order valence-corrected chi connectivity index (χ2v) is 9.79. The van der Waals surface area contributed by atoms with Gasteiger partial charge in [0.1, 0.15) is 23.7 Å². The zero-order valence-electron chi connectivity index (χ0n) is 18.7. The number of nitrogens with two attached hydrogens (primary N) is 1. The second-order valence-electron chi connectivity index (χ2n) is 8.57. The monoisotopic (exact) mass is 523 g/mol. The summed E-state index contributed by atoms with van der Waals surface area (Å²) in [5.41, 5.74) is 0.664. The third-order valence-corrected chi connectivity index (χ3v) is 6.55. The molecule has 2 heterocycles. The molecule has 1 saturated carbocycles. The maximum absolute atomic E-state index is 14.0. The van der Waals surface area contributed by atoms with E-state index in [1.54, 1.807) is 0 Å². The molecular weight excluding hydrogens is 500 g/mol. The number of carbonyl (C=O) groups excluding carboxylic acids is 1. The molecule has 0 radical (unpaired) electrons. The van der Waals surface area contributed by atoms with E-state index in [2.05, 4.69) is 19.2 Å². The lowest BCUT2D eigenvalue weighted by Gasteiger charge is -2.17. The molecule has 4 N–H and O–H groups in total. The normalized spacial score (nSPS) is 22.1. The number of carbonyl (C=O) groups is 1. The number of benzene rings is 1. The lowest BCUT2D eigenvalue weighted by atomic mass is 9.95. The van der Waals surface area contributed by atoms with Gasteiger partial charge in [-0.05, 0) is 30.9 Å². The van der Waals surface area contributed by atoms with E-state index in [9.17, 15) is 32.2 Å². The van der Waals surface area contributed by atoms with Crippen molar-refractivity contribution in [1.82, 2.24) is 19.7 Å². The topological polar surface area (TPSA) is 171 Å². The minimum absolute atomic E-state index is 0.0221. The van der Waals surface area contributed by atoms with Gasteiger partial charge in [0.15, 0.2) is 0 Å². The van der Waals surface area contributed by atoms with Crippen LogP contribution in [-0.2, 0) is 27.5 Å². The van der Waals surface area contributed by atoms with Crippen molar-refractivity contribution >= 4 is 16.1 Å². The Morgan fingerprint density at radius 2 is 1.94 bits per heavy atom. The van der Waals surface area contributed by atoms with E-state index < -0.39 is 58.4 Å². The van der Waals surface area contributed by atoms with Gasteiger partial charge in [-0.25, -0.2) is 23.9 Å². The zero-order chi connectivity index (χ0) is 26.0. The Labute approximate surface area is 204 Å². The summed E-state index contributed by atoms with van der Waals surface area (Å²) in [6.07, 6.45) is 1.86. The largest absolute Gasteiger partial charge is 0.390 e. The molecule has 1 fully saturated rings. The predicted molar refractivity (Wildman–Crippen MR) is 120 cm³/mol. The highest BCUT2D eigenvalue weighted by molar-refractivity contribution is 7.84. The lowest BCUT2D eigenvalue weighted by molar-refractivity contribution is -0.00334. The number of rotatable bonds is 9. The standard InChI is InChI=1S/C22H23F2N5O6S/c23-15-2-1-12(17(24)7-15)9-29-4-3-18(28-29)22(32)16-8-26-11-27-19(16)6-13-5-14(21(31)20(13)30)10-35-36(25,33)34/h1-4,7-8,11,13-14,20-21,30-31H,5-6,9-10H2,(H2,25,33,34)/t13-,14+,20-,21+/m0/s1. The molecule has 4 rings (SSSR count). The van der Waals surface area contributed by atoms with Crippen LogP contribution < -0.4 is 5.14 Å². The zero-order valence-corrected chi connectivity index (χ0v) is 19.6. The van der Waals surface area contributed by atoms with E-state index in [0.29, 0.717) is 5.69 Å². The molecular formula is C22H23F2N5O6S. The quantitative estimate of drug-likeness (QED) is 0.335. The maximum Gasteiger partial charge on any atom is 0.333 e. The first-order valence-electron chi connectivity index (χ1n) is 10.9. The average Bonchev–Trinajstić information content (AvgIpc) is 3.39. The SMILES string of the molecule is NS(=O)(=O)OC[C@H]1C[C@@H](Cc2ncncc2C(=O)c2ccn(Cc3ccc(F)cc3F)n2)[C@H](O)[C@@H]1O. The van der Waals surface area contributed by atoms with Gasteiger partial charge in [-0.15, -0.1) is 0 Å². The molecule has 36 heavy (non-hydrogen) atoms. The van der Waals surface area contributed by atoms with Crippen LogP contribution >= 0.6 is 0 Å². The van der Waals surface area contributed by atoms with Crippen molar-refractivity contribution in [2.75, 3.05) is 6.61 Å². The molecule has 1 aliphatic rings. The molecule has 3 aromatic rings. The Morgan fingerprint density at radius 1 is 1.19 bits per heavy atom. The smallest absolute Gasteiger partial charge is 0.333 e. The van der Waals surface area contributed by atoms with E-state index in [4.69, 9.17) is 5.14 Å². The van der Waals surface area contributed by atoms with Gasteiger partial charge in [0.2, 0.25) is 5.78 Å². The highest BCUT2D eigenvalue weighted by Crippen LogP contribution is 2.35. The average molecular weight is 524 g/mol. The van der Waals surface area contributed by atoms with Crippen LogP contribution in [0.3, 0.4) is 0 Å². The first kappa shape index (κ1) is 25.9.